The van der Waals surface area contributed by atoms with Gasteiger partial charge in [-0.2, -0.15) is 0 Å². The van der Waals surface area contributed by atoms with E-state index >= 15 is 0 Å². The molecule has 0 aromatic heterocycles. The number of aliphatic hydroxyl groups is 1. The van der Waals surface area contributed by atoms with Crippen molar-refractivity contribution in [2.24, 2.45) is 0 Å². The molecule has 14 heteroatoms. The highest BCUT2D eigenvalue weighted by Crippen LogP contribution is 1.83. The van der Waals surface area contributed by atoms with Gasteiger partial charge in [-0.05, 0) is 0 Å². The zero-order chi connectivity index (χ0) is 25.4. The molecule has 0 aliphatic rings. The topological polar surface area (TPSA) is 220 Å². The van der Waals surface area contributed by atoms with Gasteiger partial charge in [-0.1, -0.05) is 0 Å². The van der Waals surface area contributed by atoms with Gasteiger partial charge in [0.1, 0.15) is 6.61 Å². The molecule has 0 saturated carbocycles. The first-order valence-corrected chi connectivity index (χ1v) is 8.24. The molecule has 0 aliphatic heterocycles. The number of rotatable bonds is 11. The number of aliphatic hydroxyl groups excluding tert-OH is 1. The number of carboxylic acid groups (broad SMARTS) is 3. The largest absolute Gasteiger partial charge is 0.478 e. The SMILES string of the molecule is COC(=O)/C=C\C(=O)O.COC(=O)/C=C\C(=O)O.O=C(O)/C=C\C(=O)OCCOCCO. The second-order valence-corrected chi connectivity index (χ2v) is 4.56. The van der Waals surface area contributed by atoms with Crippen molar-refractivity contribution in [3.05, 3.63) is 36.5 Å². The summed E-state index contributed by atoms with van der Waals surface area (Å²) < 4.78 is 17.6. The van der Waals surface area contributed by atoms with E-state index in [1.54, 1.807) is 0 Å². The molecule has 0 spiro atoms. The van der Waals surface area contributed by atoms with Crippen LogP contribution < -0.4 is 0 Å². The Kier molecular flexibility index (Phi) is 23.7. The standard InChI is InChI=1S/C8H12O6.2C5H6O4/c9-3-4-13-5-6-14-8(12)2-1-7(10)11;2*1-9-5(8)3-2-4(6)7/h1-2,9H,3-6H2,(H,10,11);2*2-3H,1H3,(H,6,7)/b2-1-;2*3-2-. The van der Waals surface area contributed by atoms with Crippen molar-refractivity contribution in [1.82, 2.24) is 0 Å². The van der Waals surface area contributed by atoms with Gasteiger partial charge in [0.15, 0.2) is 0 Å². The van der Waals surface area contributed by atoms with E-state index in [9.17, 15) is 28.8 Å². The Bertz CT molecular complexity index is 654. The molecule has 180 valence electrons. The quantitative estimate of drug-likeness (QED) is 0.122. The Morgan fingerprint density at radius 2 is 0.969 bits per heavy atom. The van der Waals surface area contributed by atoms with Crippen LogP contribution in [0.1, 0.15) is 0 Å². The molecule has 0 bridgehead atoms. The highest BCUT2D eigenvalue weighted by atomic mass is 16.6. The molecule has 0 radical (unpaired) electrons. The van der Waals surface area contributed by atoms with Crippen LogP contribution in [0.2, 0.25) is 0 Å². The number of aliphatic carboxylic acids is 3. The molecule has 0 aromatic carbocycles. The van der Waals surface area contributed by atoms with Crippen molar-refractivity contribution in [1.29, 1.82) is 0 Å². The average Bonchev–Trinajstić information content (AvgIpc) is 2.74. The lowest BCUT2D eigenvalue weighted by Crippen LogP contribution is -2.10. The molecular weight excluding hydrogens is 440 g/mol. The summed E-state index contributed by atoms with van der Waals surface area (Å²) in [6.07, 6.45) is 4.60. The Balaban J connectivity index is -0.000000411. The fraction of sp³-hybridized carbons (Fsp3) is 0.333. The van der Waals surface area contributed by atoms with Gasteiger partial charge in [-0.25, -0.2) is 28.8 Å². The molecule has 0 fully saturated rings. The van der Waals surface area contributed by atoms with Gasteiger partial charge >= 0.3 is 35.8 Å². The van der Waals surface area contributed by atoms with Crippen molar-refractivity contribution in [2.75, 3.05) is 40.6 Å². The highest BCUT2D eigenvalue weighted by molar-refractivity contribution is 5.91. The van der Waals surface area contributed by atoms with Crippen LogP contribution in [0.15, 0.2) is 36.5 Å². The molecule has 14 nitrogen and oxygen atoms in total. The maximum atomic E-state index is 10.7. The predicted molar refractivity (Wildman–Crippen MR) is 103 cm³/mol. The third-order valence-corrected chi connectivity index (χ3v) is 2.20. The maximum Gasteiger partial charge on any atom is 0.331 e. The Hall–Kier alpha value is -4.04. The fourth-order valence-electron chi connectivity index (χ4n) is 0.970. The number of ether oxygens (including phenoxy) is 4. The van der Waals surface area contributed by atoms with Crippen LogP contribution >= 0.6 is 0 Å². The second-order valence-electron chi connectivity index (χ2n) is 4.56. The van der Waals surface area contributed by atoms with Crippen LogP contribution in [0, 0.1) is 0 Å². The summed E-state index contributed by atoms with van der Waals surface area (Å²) in [6.45, 7) is 0.297. The van der Waals surface area contributed by atoms with Crippen LogP contribution in [0.5, 0.6) is 0 Å². The zero-order valence-electron chi connectivity index (χ0n) is 17.2. The molecule has 0 heterocycles. The van der Waals surface area contributed by atoms with Crippen LogP contribution in [0.3, 0.4) is 0 Å². The lowest BCUT2D eigenvalue weighted by atomic mass is 10.5. The number of carboxylic acids is 3. The van der Waals surface area contributed by atoms with Gasteiger partial charge in [-0.15, -0.1) is 0 Å². The van der Waals surface area contributed by atoms with Gasteiger partial charge in [0.05, 0.1) is 34.0 Å². The minimum absolute atomic E-state index is 0.0305. The Morgan fingerprint density at radius 1 is 0.594 bits per heavy atom. The van der Waals surface area contributed by atoms with E-state index in [0.29, 0.717) is 18.2 Å². The van der Waals surface area contributed by atoms with Crippen molar-refractivity contribution in [3.8, 4) is 0 Å². The molecular formula is C18H24O14. The van der Waals surface area contributed by atoms with Crippen molar-refractivity contribution in [3.63, 3.8) is 0 Å². The number of carbonyl (C=O) groups excluding carboxylic acids is 3. The number of esters is 3. The molecule has 4 N–H and O–H groups in total. The number of hydrogen-bond acceptors (Lipinski definition) is 11. The molecule has 0 amide bonds. The number of carbonyl (C=O) groups is 6. The molecule has 0 saturated heterocycles. The van der Waals surface area contributed by atoms with E-state index in [1.165, 1.54) is 14.2 Å². The van der Waals surface area contributed by atoms with Crippen LogP contribution in [0.25, 0.3) is 0 Å². The van der Waals surface area contributed by atoms with E-state index in [4.69, 9.17) is 25.2 Å². The number of methoxy groups -OCH3 is 2. The summed E-state index contributed by atoms with van der Waals surface area (Å²) in [5.74, 6) is -5.62. The second kappa shape index (κ2) is 23.2. The predicted octanol–water partition coefficient (Wildman–Crippen LogP) is -1.22. The van der Waals surface area contributed by atoms with Gasteiger partial charge in [0.2, 0.25) is 0 Å². The van der Waals surface area contributed by atoms with Crippen molar-refractivity contribution >= 4 is 35.8 Å². The monoisotopic (exact) mass is 464 g/mol. The third-order valence-electron chi connectivity index (χ3n) is 2.20. The van der Waals surface area contributed by atoms with Gasteiger partial charge < -0.3 is 39.4 Å². The Labute approximate surface area is 181 Å². The zero-order valence-corrected chi connectivity index (χ0v) is 17.2. The number of hydrogen-bond donors (Lipinski definition) is 4. The maximum absolute atomic E-state index is 10.7. The minimum atomic E-state index is -1.21. The van der Waals surface area contributed by atoms with E-state index in [1.807, 2.05) is 0 Å². The van der Waals surface area contributed by atoms with E-state index in [2.05, 4.69) is 14.2 Å². The first-order chi connectivity index (χ1) is 15.0. The first-order valence-electron chi connectivity index (χ1n) is 8.24. The van der Waals surface area contributed by atoms with E-state index in [0.717, 1.165) is 18.2 Å². The first kappa shape index (κ1) is 32.6. The lowest BCUT2D eigenvalue weighted by Gasteiger charge is -2.01. The lowest BCUT2D eigenvalue weighted by molar-refractivity contribution is -0.140. The van der Waals surface area contributed by atoms with Crippen LogP contribution in [0.4, 0.5) is 0 Å². The molecule has 0 rings (SSSR count). The third kappa shape index (κ3) is 33.5. The minimum Gasteiger partial charge on any atom is -0.478 e. The molecule has 0 atom stereocenters. The summed E-state index contributed by atoms with van der Waals surface area (Å²) in [5, 5.41) is 32.4. The highest BCUT2D eigenvalue weighted by Gasteiger charge is 1.97. The Morgan fingerprint density at radius 3 is 1.28 bits per heavy atom. The summed E-state index contributed by atoms with van der Waals surface area (Å²) >= 11 is 0. The molecule has 32 heavy (non-hydrogen) atoms. The van der Waals surface area contributed by atoms with E-state index in [-0.39, 0.29) is 26.4 Å². The molecule has 0 unspecified atom stereocenters. The van der Waals surface area contributed by atoms with Crippen molar-refractivity contribution in [2.45, 2.75) is 0 Å². The van der Waals surface area contributed by atoms with E-state index < -0.39 is 35.8 Å². The summed E-state index contributed by atoms with van der Waals surface area (Å²) in [7, 11) is 2.35. The summed E-state index contributed by atoms with van der Waals surface area (Å²) in [4.78, 5) is 60.4. The van der Waals surface area contributed by atoms with Gasteiger partial charge in [0, 0.05) is 36.5 Å². The van der Waals surface area contributed by atoms with Crippen LogP contribution in [-0.4, -0.2) is 96.9 Å². The van der Waals surface area contributed by atoms with Crippen molar-refractivity contribution < 1.29 is 68.1 Å². The molecule has 0 aliphatic carbocycles. The summed E-state index contributed by atoms with van der Waals surface area (Å²) in [5.41, 5.74) is 0. The summed E-state index contributed by atoms with van der Waals surface area (Å²) in [6, 6.07) is 0. The van der Waals surface area contributed by atoms with Crippen LogP contribution in [-0.2, 0) is 47.7 Å². The fourth-order valence-corrected chi connectivity index (χ4v) is 0.970. The molecule has 0 aromatic rings. The normalized spacial score (nSPS) is 9.84. The average molecular weight is 464 g/mol. The smallest absolute Gasteiger partial charge is 0.331 e. The van der Waals surface area contributed by atoms with Gasteiger partial charge in [-0.3, -0.25) is 0 Å². The van der Waals surface area contributed by atoms with Gasteiger partial charge in [0.25, 0.3) is 0 Å².